The Balaban J connectivity index is 2.95. The average Bonchev–Trinajstić information content (AvgIpc) is 1.85. The summed E-state index contributed by atoms with van der Waals surface area (Å²) in [6.07, 6.45) is 2.61. The summed E-state index contributed by atoms with van der Waals surface area (Å²) in [6.45, 7) is 7.89. The quantitative estimate of drug-likeness (QED) is 0.574. The van der Waals surface area contributed by atoms with E-state index < -0.39 is 0 Å². The van der Waals surface area contributed by atoms with E-state index in [2.05, 4.69) is 19.3 Å². The molecule has 0 fully saturated rings. The molecule has 1 radical (unpaired) electrons. The summed E-state index contributed by atoms with van der Waals surface area (Å²) in [5.41, 5.74) is 2.71. The highest BCUT2D eigenvalue weighted by molar-refractivity contribution is 4.47. The minimum atomic E-state index is 0.325. The second kappa shape index (κ2) is 6.05. The van der Waals surface area contributed by atoms with E-state index in [1.165, 1.54) is 6.42 Å². The lowest BCUT2D eigenvalue weighted by Crippen LogP contribution is -2.17. The molecule has 1 atom stereocenters. The van der Waals surface area contributed by atoms with Gasteiger partial charge in [-0.15, -0.1) is 0 Å². The summed E-state index contributed by atoms with van der Waals surface area (Å²) in [6, 6.07) is 0. The summed E-state index contributed by atoms with van der Waals surface area (Å²) in [4.78, 5) is 5.13. The predicted octanol–water partition coefficient (Wildman–Crippen LogP) is 1.88. The van der Waals surface area contributed by atoms with Crippen molar-refractivity contribution in [1.29, 1.82) is 0 Å². The van der Waals surface area contributed by atoms with Crippen LogP contribution in [-0.2, 0) is 4.84 Å². The summed E-state index contributed by atoms with van der Waals surface area (Å²) in [5, 5.41) is 0. The molecular weight excluding hydrogens is 114 g/mol. The van der Waals surface area contributed by atoms with Crippen LogP contribution in [0.15, 0.2) is 0 Å². The minimum absolute atomic E-state index is 0.325. The molecule has 0 saturated heterocycles. The van der Waals surface area contributed by atoms with Gasteiger partial charge in [-0.25, -0.2) is 0 Å². The largest absolute Gasteiger partial charge is 0.298 e. The highest BCUT2D eigenvalue weighted by Crippen LogP contribution is 1.97. The van der Waals surface area contributed by atoms with Gasteiger partial charge in [-0.3, -0.25) is 4.84 Å². The van der Waals surface area contributed by atoms with Gasteiger partial charge in [-0.2, -0.15) is 5.48 Å². The fourth-order valence-corrected chi connectivity index (χ4v) is 0.650. The number of rotatable bonds is 5. The monoisotopic (exact) mass is 130 g/mol. The van der Waals surface area contributed by atoms with Gasteiger partial charge in [0, 0.05) is 6.54 Å². The van der Waals surface area contributed by atoms with Crippen molar-refractivity contribution in [3.63, 3.8) is 0 Å². The molecule has 55 valence electrons. The molecule has 9 heavy (non-hydrogen) atoms. The van der Waals surface area contributed by atoms with Crippen LogP contribution < -0.4 is 5.48 Å². The maximum atomic E-state index is 5.13. The molecule has 0 aliphatic heterocycles. The zero-order valence-electron chi connectivity index (χ0n) is 6.48. The molecule has 0 rings (SSSR count). The highest BCUT2D eigenvalue weighted by Gasteiger charge is 1.97. The van der Waals surface area contributed by atoms with Gasteiger partial charge in [-0.1, -0.05) is 13.3 Å². The van der Waals surface area contributed by atoms with Gasteiger partial charge in [0.2, 0.25) is 0 Å². The molecule has 0 aromatic carbocycles. The molecule has 0 bridgehead atoms. The van der Waals surface area contributed by atoms with Crippen LogP contribution >= 0.6 is 0 Å². The van der Waals surface area contributed by atoms with Gasteiger partial charge in [0.05, 0.1) is 6.10 Å². The fraction of sp³-hybridized carbons (Fsp3) is 0.857. The van der Waals surface area contributed by atoms with Crippen LogP contribution in [0.4, 0.5) is 0 Å². The van der Waals surface area contributed by atoms with Crippen molar-refractivity contribution in [3.8, 4) is 0 Å². The fourth-order valence-electron chi connectivity index (χ4n) is 0.650. The lowest BCUT2D eigenvalue weighted by Gasteiger charge is -2.09. The molecule has 0 aromatic rings. The first-order valence-corrected chi connectivity index (χ1v) is 3.50. The van der Waals surface area contributed by atoms with Crippen LogP contribution in [0.25, 0.3) is 0 Å². The summed E-state index contributed by atoms with van der Waals surface area (Å²) >= 11 is 0. The predicted molar refractivity (Wildman–Crippen MR) is 38.6 cm³/mol. The first-order valence-electron chi connectivity index (χ1n) is 3.50. The van der Waals surface area contributed by atoms with E-state index in [-0.39, 0.29) is 0 Å². The lowest BCUT2D eigenvalue weighted by atomic mass is 10.2. The van der Waals surface area contributed by atoms with Gasteiger partial charge >= 0.3 is 0 Å². The van der Waals surface area contributed by atoms with Crippen molar-refractivity contribution < 1.29 is 4.84 Å². The van der Waals surface area contributed by atoms with E-state index in [1.54, 1.807) is 6.54 Å². The molecule has 2 heteroatoms. The smallest absolute Gasteiger partial charge is 0.0762 e. The lowest BCUT2D eigenvalue weighted by molar-refractivity contribution is -0.00372. The van der Waals surface area contributed by atoms with Crippen molar-refractivity contribution in [2.75, 3.05) is 0 Å². The Labute approximate surface area is 57.5 Å². The third-order valence-corrected chi connectivity index (χ3v) is 1.08. The van der Waals surface area contributed by atoms with Crippen LogP contribution in [0.1, 0.15) is 33.6 Å². The Morgan fingerprint density at radius 3 is 2.78 bits per heavy atom. The molecule has 0 spiro atoms. The van der Waals surface area contributed by atoms with Gasteiger partial charge in [0.15, 0.2) is 0 Å². The van der Waals surface area contributed by atoms with E-state index in [9.17, 15) is 0 Å². The first kappa shape index (κ1) is 8.92. The topological polar surface area (TPSA) is 21.3 Å². The van der Waals surface area contributed by atoms with E-state index >= 15 is 0 Å². The minimum Gasteiger partial charge on any atom is -0.298 e. The van der Waals surface area contributed by atoms with Crippen molar-refractivity contribution in [2.45, 2.75) is 39.7 Å². The van der Waals surface area contributed by atoms with Crippen molar-refractivity contribution >= 4 is 0 Å². The number of nitrogens with one attached hydrogen (secondary N) is 1. The Hall–Kier alpha value is -0.0800. The highest BCUT2D eigenvalue weighted by atomic mass is 16.7. The number of hydroxylamine groups is 1. The first-order chi connectivity index (χ1) is 4.31. The number of hydrogen-bond acceptors (Lipinski definition) is 2. The normalized spacial score (nSPS) is 13.7. The van der Waals surface area contributed by atoms with Crippen LogP contribution in [-0.4, -0.2) is 6.10 Å². The molecule has 1 N–H and O–H groups in total. The Morgan fingerprint density at radius 1 is 1.67 bits per heavy atom. The third-order valence-electron chi connectivity index (χ3n) is 1.08. The second-order valence-electron chi connectivity index (χ2n) is 2.12. The molecule has 0 aliphatic rings. The van der Waals surface area contributed by atoms with Crippen molar-refractivity contribution in [1.82, 2.24) is 5.48 Å². The average molecular weight is 130 g/mol. The third kappa shape index (κ3) is 5.80. The second-order valence-corrected chi connectivity index (χ2v) is 2.12. The molecule has 0 aliphatic carbocycles. The van der Waals surface area contributed by atoms with Crippen molar-refractivity contribution in [2.24, 2.45) is 0 Å². The van der Waals surface area contributed by atoms with Crippen molar-refractivity contribution in [3.05, 3.63) is 6.54 Å². The Morgan fingerprint density at radius 2 is 2.33 bits per heavy atom. The molecule has 1 unspecified atom stereocenters. The molecule has 0 heterocycles. The SMILES string of the molecule is C[CH]NOC(C)CCC. The maximum Gasteiger partial charge on any atom is 0.0762 e. The summed E-state index contributed by atoms with van der Waals surface area (Å²) < 4.78 is 0. The summed E-state index contributed by atoms with van der Waals surface area (Å²) in [7, 11) is 0. The van der Waals surface area contributed by atoms with Crippen LogP contribution in [0, 0.1) is 6.54 Å². The van der Waals surface area contributed by atoms with Gasteiger partial charge in [0.1, 0.15) is 0 Å². The van der Waals surface area contributed by atoms with Crippen LogP contribution in [0.5, 0.6) is 0 Å². The summed E-state index contributed by atoms with van der Waals surface area (Å²) in [5.74, 6) is 0. The molecule has 2 nitrogen and oxygen atoms in total. The van der Waals surface area contributed by atoms with Gasteiger partial charge in [0.25, 0.3) is 0 Å². The van der Waals surface area contributed by atoms with E-state index in [4.69, 9.17) is 4.84 Å². The molecular formula is C7H16NO. The zero-order chi connectivity index (χ0) is 7.11. The maximum absolute atomic E-state index is 5.13. The van der Waals surface area contributed by atoms with Gasteiger partial charge in [-0.05, 0) is 20.3 Å². The zero-order valence-corrected chi connectivity index (χ0v) is 6.48. The van der Waals surface area contributed by atoms with E-state index in [0.717, 1.165) is 6.42 Å². The van der Waals surface area contributed by atoms with E-state index in [0.29, 0.717) is 6.10 Å². The van der Waals surface area contributed by atoms with Crippen LogP contribution in [0.3, 0.4) is 0 Å². The molecule has 0 saturated carbocycles. The Bertz CT molecular complexity index is 56.9. The van der Waals surface area contributed by atoms with E-state index in [1.807, 2.05) is 6.92 Å². The number of hydrogen-bond donors (Lipinski definition) is 1. The molecule has 0 aromatic heterocycles. The van der Waals surface area contributed by atoms with Gasteiger partial charge < -0.3 is 0 Å². The standard InChI is InChI=1S/C7H16NO/c1-4-6-7(3)9-8-5-2/h5,7-8H,4,6H2,1-3H3. The Kier molecular flexibility index (Phi) is 5.99. The van der Waals surface area contributed by atoms with Crippen LogP contribution in [0.2, 0.25) is 0 Å². The molecule has 0 amide bonds.